The van der Waals surface area contributed by atoms with Gasteiger partial charge in [-0.3, -0.25) is 0 Å². The highest BCUT2D eigenvalue weighted by molar-refractivity contribution is 9.10. The quantitative estimate of drug-likeness (QED) is 0.886. The molecular weight excluding hydrogens is 334 g/mol. The molecule has 1 aromatic carbocycles. The van der Waals surface area contributed by atoms with Gasteiger partial charge in [0.1, 0.15) is 0 Å². The summed E-state index contributed by atoms with van der Waals surface area (Å²) in [5, 5.41) is 3.58. The molecule has 0 bridgehead atoms. The largest absolute Gasteiger partial charge is 0.464 e. The number of rotatable bonds is 4. The Kier molecular flexibility index (Phi) is 4.39. The lowest BCUT2D eigenvalue weighted by Gasteiger charge is -2.09. The first-order valence-corrected chi connectivity index (χ1v) is 6.62. The highest BCUT2D eigenvalue weighted by Crippen LogP contribution is 2.31. The number of anilines is 3. The summed E-state index contributed by atoms with van der Waals surface area (Å²) in [4.78, 5) is 11.9. The fourth-order valence-corrected chi connectivity index (χ4v) is 1.88. The molecule has 0 saturated heterocycles. The van der Waals surface area contributed by atoms with E-state index in [4.69, 9.17) is 22.1 Å². The van der Waals surface area contributed by atoms with Crippen LogP contribution in [0.4, 0.5) is 17.6 Å². The number of nitrogens with two attached hydrogens (primary N) is 1. The Morgan fingerprint density at radius 2 is 2.16 bits per heavy atom. The van der Waals surface area contributed by atoms with Crippen LogP contribution in [-0.4, -0.2) is 21.6 Å². The summed E-state index contributed by atoms with van der Waals surface area (Å²) in [7, 11) is 0. The minimum atomic E-state index is 0.0825. The van der Waals surface area contributed by atoms with Crippen molar-refractivity contribution in [2.45, 2.75) is 6.92 Å². The van der Waals surface area contributed by atoms with Crippen molar-refractivity contribution in [3.63, 3.8) is 0 Å². The predicted molar refractivity (Wildman–Crippen MR) is 77.8 cm³/mol. The number of aromatic nitrogens is 3. The van der Waals surface area contributed by atoms with Crippen molar-refractivity contribution >= 4 is 45.1 Å². The van der Waals surface area contributed by atoms with Crippen LogP contribution in [0.2, 0.25) is 5.02 Å². The minimum Gasteiger partial charge on any atom is -0.464 e. The fraction of sp³-hybridized carbons (Fsp3) is 0.182. The average Bonchev–Trinajstić information content (AvgIpc) is 2.35. The van der Waals surface area contributed by atoms with Crippen molar-refractivity contribution in [1.82, 2.24) is 15.0 Å². The maximum atomic E-state index is 6.00. The van der Waals surface area contributed by atoms with Gasteiger partial charge in [-0.1, -0.05) is 17.7 Å². The molecular formula is C11H11BrClN5O. The topological polar surface area (TPSA) is 86.0 Å². The number of halogens is 2. The normalized spacial score (nSPS) is 10.3. The van der Waals surface area contributed by atoms with Gasteiger partial charge < -0.3 is 15.8 Å². The predicted octanol–water partition coefficient (Wildman–Crippen LogP) is 3.01. The molecule has 2 aromatic rings. The Labute approximate surface area is 123 Å². The Morgan fingerprint density at radius 3 is 2.89 bits per heavy atom. The molecule has 8 heteroatoms. The van der Waals surface area contributed by atoms with Crippen LogP contribution in [0, 0.1) is 0 Å². The molecule has 1 aromatic heterocycles. The lowest BCUT2D eigenvalue weighted by Crippen LogP contribution is -2.06. The number of benzene rings is 1. The van der Waals surface area contributed by atoms with E-state index in [1.54, 1.807) is 6.07 Å². The molecule has 6 nitrogen and oxygen atoms in total. The molecule has 0 aliphatic rings. The van der Waals surface area contributed by atoms with Gasteiger partial charge in [-0.05, 0) is 35.0 Å². The SMILES string of the molecule is CCOc1nc(N)nc(Nc2cccc(Cl)c2Br)n1. The Hall–Kier alpha value is -1.60. The van der Waals surface area contributed by atoms with Crippen molar-refractivity contribution < 1.29 is 4.74 Å². The highest BCUT2D eigenvalue weighted by Gasteiger charge is 2.08. The third kappa shape index (κ3) is 3.45. The van der Waals surface area contributed by atoms with Crippen LogP contribution in [0.15, 0.2) is 22.7 Å². The number of hydrogen-bond donors (Lipinski definition) is 2. The van der Waals surface area contributed by atoms with Gasteiger partial charge in [-0.25, -0.2) is 0 Å². The zero-order chi connectivity index (χ0) is 13.8. The second-order valence-corrected chi connectivity index (χ2v) is 4.66. The standard InChI is InChI=1S/C11H11BrClN5O/c1-2-19-11-17-9(14)16-10(18-11)15-7-5-3-4-6(13)8(7)12/h3-5H,2H2,1H3,(H3,14,15,16,17,18). The van der Waals surface area contributed by atoms with Crippen molar-refractivity contribution in [3.8, 4) is 6.01 Å². The summed E-state index contributed by atoms with van der Waals surface area (Å²) in [5.41, 5.74) is 6.31. The second kappa shape index (κ2) is 6.03. The maximum Gasteiger partial charge on any atom is 0.323 e. The van der Waals surface area contributed by atoms with Crippen molar-refractivity contribution in [3.05, 3.63) is 27.7 Å². The summed E-state index contributed by atoms with van der Waals surface area (Å²) < 4.78 is 5.92. The molecule has 3 N–H and O–H groups in total. The summed E-state index contributed by atoms with van der Waals surface area (Å²) in [6.45, 7) is 2.28. The first-order chi connectivity index (χ1) is 9.10. The zero-order valence-electron chi connectivity index (χ0n) is 10.0. The van der Waals surface area contributed by atoms with Gasteiger partial charge in [0.05, 0.1) is 21.8 Å². The maximum absolute atomic E-state index is 6.00. The van der Waals surface area contributed by atoms with E-state index >= 15 is 0 Å². The smallest absolute Gasteiger partial charge is 0.323 e. The molecule has 1 heterocycles. The van der Waals surface area contributed by atoms with Gasteiger partial charge in [0.15, 0.2) is 0 Å². The van der Waals surface area contributed by atoms with E-state index in [-0.39, 0.29) is 12.0 Å². The van der Waals surface area contributed by atoms with E-state index in [1.165, 1.54) is 0 Å². The Morgan fingerprint density at radius 1 is 1.37 bits per heavy atom. The summed E-state index contributed by atoms with van der Waals surface area (Å²) in [6.07, 6.45) is 0. The van der Waals surface area contributed by atoms with E-state index in [2.05, 4.69) is 36.2 Å². The lowest BCUT2D eigenvalue weighted by atomic mass is 10.3. The van der Waals surface area contributed by atoms with Gasteiger partial charge in [0.2, 0.25) is 11.9 Å². The van der Waals surface area contributed by atoms with E-state index in [9.17, 15) is 0 Å². The number of hydrogen-bond acceptors (Lipinski definition) is 6. The molecule has 0 aliphatic heterocycles. The second-order valence-electron chi connectivity index (χ2n) is 3.46. The summed E-state index contributed by atoms with van der Waals surface area (Å²) in [5.74, 6) is 0.373. The van der Waals surface area contributed by atoms with Crippen LogP contribution in [0.3, 0.4) is 0 Å². The third-order valence-corrected chi connectivity index (χ3v) is 3.50. The molecule has 0 spiro atoms. The molecule has 0 aliphatic carbocycles. The zero-order valence-corrected chi connectivity index (χ0v) is 12.4. The van der Waals surface area contributed by atoms with Crippen molar-refractivity contribution in [2.75, 3.05) is 17.7 Å². The monoisotopic (exact) mass is 343 g/mol. The molecule has 0 unspecified atom stereocenters. The van der Waals surface area contributed by atoms with E-state index in [1.807, 2.05) is 19.1 Å². The van der Waals surface area contributed by atoms with Crippen LogP contribution in [0.5, 0.6) is 6.01 Å². The van der Waals surface area contributed by atoms with Crippen molar-refractivity contribution in [1.29, 1.82) is 0 Å². The van der Waals surface area contributed by atoms with Gasteiger partial charge in [0.25, 0.3) is 0 Å². The number of ether oxygens (including phenoxy) is 1. The van der Waals surface area contributed by atoms with E-state index in [0.29, 0.717) is 22.1 Å². The molecule has 0 amide bonds. The van der Waals surface area contributed by atoms with Crippen LogP contribution in [0.1, 0.15) is 6.92 Å². The molecule has 0 saturated carbocycles. The fourth-order valence-electron chi connectivity index (χ4n) is 1.34. The molecule has 2 rings (SSSR count). The van der Waals surface area contributed by atoms with Crippen LogP contribution in [-0.2, 0) is 0 Å². The van der Waals surface area contributed by atoms with Crippen LogP contribution >= 0.6 is 27.5 Å². The van der Waals surface area contributed by atoms with Gasteiger partial charge >= 0.3 is 6.01 Å². The van der Waals surface area contributed by atoms with Crippen LogP contribution < -0.4 is 15.8 Å². The Bertz CT molecular complexity index is 595. The summed E-state index contributed by atoms with van der Waals surface area (Å²) >= 11 is 9.38. The molecule has 0 atom stereocenters. The van der Waals surface area contributed by atoms with Crippen molar-refractivity contribution in [2.24, 2.45) is 0 Å². The minimum absolute atomic E-state index is 0.0825. The first kappa shape index (κ1) is 13.8. The average molecular weight is 345 g/mol. The van der Waals surface area contributed by atoms with E-state index in [0.717, 1.165) is 5.69 Å². The molecule has 100 valence electrons. The van der Waals surface area contributed by atoms with Gasteiger partial charge in [-0.2, -0.15) is 15.0 Å². The molecule has 0 radical (unpaired) electrons. The number of nitrogens with zero attached hydrogens (tertiary/aromatic N) is 3. The summed E-state index contributed by atoms with van der Waals surface area (Å²) in [6, 6.07) is 5.58. The van der Waals surface area contributed by atoms with E-state index < -0.39 is 0 Å². The lowest BCUT2D eigenvalue weighted by molar-refractivity contribution is 0.312. The van der Waals surface area contributed by atoms with Gasteiger partial charge in [0, 0.05) is 0 Å². The molecule has 19 heavy (non-hydrogen) atoms. The first-order valence-electron chi connectivity index (χ1n) is 5.45. The highest BCUT2D eigenvalue weighted by atomic mass is 79.9. The van der Waals surface area contributed by atoms with Gasteiger partial charge in [-0.15, -0.1) is 0 Å². The van der Waals surface area contributed by atoms with Crippen LogP contribution in [0.25, 0.3) is 0 Å². The number of nitrogen functional groups attached to an aromatic ring is 1. The Balaban J connectivity index is 2.30. The number of nitrogens with one attached hydrogen (secondary N) is 1. The third-order valence-electron chi connectivity index (χ3n) is 2.10. The molecule has 0 fully saturated rings.